The molecule has 1 aliphatic rings. The molecular formula is C14H22N2O. The molecule has 2 rings (SSSR count). The van der Waals surface area contributed by atoms with Crippen molar-refractivity contribution in [1.29, 1.82) is 0 Å². The van der Waals surface area contributed by atoms with Crippen LogP contribution in [-0.2, 0) is 11.2 Å². The van der Waals surface area contributed by atoms with Gasteiger partial charge in [0.1, 0.15) is 0 Å². The monoisotopic (exact) mass is 234 g/mol. The van der Waals surface area contributed by atoms with Gasteiger partial charge in [-0.1, -0.05) is 6.92 Å². The van der Waals surface area contributed by atoms with E-state index < -0.39 is 0 Å². The first kappa shape index (κ1) is 12.5. The first-order valence-corrected chi connectivity index (χ1v) is 6.50. The summed E-state index contributed by atoms with van der Waals surface area (Å²) < 4.78 is 5.68. The number of nitrogens with one attached hydrogen (secondary N) is 1. The van der Waals surface area contributed by atoms with Gasteiger partial charge < -0.3 is 10.1 Å². The van der Waals surface area contributed by atoms with Crippen LogP contribution in [-0.4, -0.2) is 30.8 Å². The Morgan fingerprint density at radius 2 is 2.12 bits per heavy atom. The molecule has 1 N–H and O–H groups in total. The van der Waals surface area contributed by atoms with Crippen molar-refractivity contribution < 1.29 is 4.74 Å². The summed E-state index contributed by atoms with van der Waals surface area (Å²) in [6, 6.07) is 4.59. The second kappa shape index (κ2) is 6.12. The number of ether oxygens (including phenoxy) is 1. The SMILES string of the molecule is CCNC(Cc1ccncc1)C(OC)C1CC1. The quantitative estimate of drug-likeness (QED) is 0.784. The molecule has 3 nitrogen and oxygen atoms in total. The van der Waals surface area contributed by atoms with Crippen LogP contribution in [0.3, 0.4) is 0 Å². The summed E-state index contributed by atoms with van der Waals surface area (Å²) in [7, 11) is 1.83. The molecule has 0 aromatic carbocycles. The van der Waals surface area contributed by atoms with Crippen molar-refractivity contribution in [2.75, 3.05) is 13.7 Å². The second-order valence-electron chi connectivity index (χ2n) is 4.76. The van der Waals surface area contributed by atoms with Crippen molar-refractivity contribution in [1.82, 2.24) is 10.3 Å². The number of rotatable bonds is 7. The Balaban J connectivity index is 2.00. The average molecular weight is 234 g/mol. The van der Waals surface area contributed by atoms with Crippen LogP contribution in [0.2, 0.25) is 0 Å². The molecule has 0 radical (unpaired) electrons. The molecule has 17 heavy (non-hydrogen) atoms. The topological polar surface area (TPSA) is 34.2 Å². The van der Waals surface area contributed by atoms with E-state index in [1.165, 1.54) is 18.4 Å². The van der Waals surface area contributed by atoms with E-state index in [1.54, 1.807) is 0 Å². The van der Waals surface area contributed by atoms with Crippen LogP contribution in [0.25, 0.3) is 0 Å². The molecule has 1 heterocycles. The molecule has 3 heteroatoms. The zero-order valence-corrected chi connectivity index (χ0v) is 10.7. The highest BCUT2D eigenvalue weighted by Gasteiger charge is 2.36. The largest absolute Gasteiger partial charge is 0.380 e. The molecule has 0 saturated heterocycles. The summed E-state index contributed by atoms with van der Waals surface area (Å²) in [5, 5.41) is 3.56. The van der Waals surface area contributed by atoms with Crippen molar-refractivity contribution >= 4 is 0 Å². The minimum atomic E-state index is 0.350. The van der Waals surface area contributed by atoms with E-state index >= 15 is 0 Å². The van der Waals surface area contributed by atoms with Gasteiger partial charge in [-0.05, 0) is 49.4 Å². The Hall–Kier alpha value is -0.930. The lowest BCUT2D eigenvalue weighted by Crippen LogP contribution is -2.43. The van der Waals surface area contributed by atoms with E-state index in [1.807, 2.05) is 19.5 Å². The number of likely N-dealkylation sites (N-methyl/N-ethyl adjacent to an activating group) is 1. The van der Waals surface area contributed by atoms with Crippen molar-refractivity contribution in [2.24, 2.45) is 5.92 Å². The maximum atomic E-state index is 5.68. The molecular weight excluding hydrogens is 212 g/mol. The zero-order valence-electron chi connectivity index (χ0n) is 10.7. The predicted octanol–water partition coefficient (Wildman–Crippen LogP) is 2.03. The first-order chi connectivity index (χ1) is 8.35. The van der Waals surface area contributed by atoms with Crippen molar-refractivity contribution in [3.8, 4) is 0 Å². The fourth-order valence-electron chi connectivity index (χ4n) is 2.45. The van der Waals surface area contributed by atoms with E-state index in [4.69, 9.17) is 4.74 Å². The van der Waals surface area contributed by atoms with Gasteiger partial charge in [0.2, 0.25) is 0 Å². The number of methoxy groups -OCH3 is 1. The number of hydrogen-bond acceptors (Lipinski definition) is 3. The third-order valence-corrected chi connectivity index (χ3v) is 3.43. The van der Waals surface area contributed by atoms with Gasteiger partial charge in [0.05, 0.1) is 6.10 Å². The number of aromatic nitrogens is 1. The Bertz CT molecular complexity index is 324. The van der Waals surface area contributed by atoms with Crippen molar-refractivity contribution in [2.45, 2.75) is 38.3 Å². The first-order valence-electron chi connectivity index (χ1n) is 6.50. The fraction of sp³-hybridized carbons (Fsp3) is 0.643. The van der Waals surface area contributed by atoms with Gasteiger partial charge in [0, 0.05) is 25.5 Å². The number of nitrogens with zero attached hydrogens (tertiary/aromatic N) is 1. The maximum Gasteiger partial charge on any atom is 0.0755 e. The van der Waals surface area contributed by atoms with Gasteiger partial charge in [-0.2, -0.15) is 0 Å². The minimum Gasteiger partial charge on any atom is -0.380 e. The third-order valence-electron chi connectivity index (χ3n) is 3.43. The molecule has 2 atom stereocenters. The lowest BCUT2D eigenvalue weighted by atomic mass is 9.99. The molecule has 1 aliphatic carbocycles. The standard InChI is InChI=1S/C14H22N2O/c1-3-16-13(14(17-2)12-4-5-12)10-11-6-8-15-9-7-11/h6-9,12-14,16H,3-5,10H2,1-2H3. The fourth-order valence-corrected chi connectivity index (χ4v) is 2.45. The Labute approximate surface area is 104 Å². The van der Waals surface area contributed by atoms with Crippen LogP contribution in [0.4, 0.5) is 0 Å². The zero-order chi connectivity index (χ0) is 12.1. The van der Waals surface area contributed by atoms with Crippen LogP contribution in [0.5, 0.6) is 0 Å². The number of pyridine rings is 1. The Kier molecular flexibility index (Phi) is 4.51. The van der Waals surface area contributed by atoms with Crippen molar-refractivity contribution in [3.05, 3.63) is 30.1 Å². The van der Waals surface area contributed by atoms with E-state index in [-0.39, 0.29) is 0 Å². The highest BCUT2D eigenvalue weighted by Crippen LogP contribution is 2.36. The lowest BCUT2D eigenvalue weighted by molar-refractivity contribution is 0.0516. The molecule has 1 fully saturated rings. The summed E-state index contributed by atoms with van der Waals surface area (Å²) in [4.78, 5) is 4.06. The Morgan fingerprint density at radius 1 is 1.41 bits per heavy atom. The number of hydrogen-bond donors (Lipinski definition) is 1. The van der Waals surface area contributed by atoms with Gasteiger partial charge >= 0.3 is 0 Å². The molecule has 1 aromatic rings. The third kappa shape index (κ3) is 3.51. The highest BCUT2D eigenvalue weighted by atomic mass is 16.5. The van der Waals surface area contributed by atoms with Crippen LogP contribution in [0.15, 0.2) is 24.5 Å². The van der Waals surface area contributed by atoms with Crippen LogP contribution >= 0.6 is 0 Å². The molecule has 0 spiro atoms. The maximum absolute atomic E-state index is 5.68. The smallest absolute Gasteiger partial charge is 0.0755 e. The molecule has 1 saturated carbocycles. The van der Waals surface area contributed by atoms with Crippen molar-refractivity contribution in [3.63, 3.8) is 0 Å². The van der Waals surface area contributed by atoms with Gasteiger partial charge in [-0.3, -0.25) is 4.98 Å². The van der Waals surface area contributed by atoms with Gasteiger partial charge in [-0.15, -0.1) is 0 Å². The summed E-state index contributed by atoms with van der Waals surface area (Å²) in [5.74, 6) is 0.755. The van der Waals surface area contributed by atoms with Gasteiger partial charge in [0.15, 0.2) is 0 Å². The van der Waals surface area contributed by atoms with Gasteiger partial charge in [0.25, 0.3) is 0 Å². The molecule has 0 bridgehead atoms. The molecule has 1 aromatic heterocycles. The van der Waals surface area contributed by atoms with Gasteiger partial charge in [-0.25, -0.2) is 0 Å². The highest BCUT2D eigenvalue weighted by molar-refractivity contribution is 5.12. The molecule has 0 amide bonds. The minimum absolute atomic E-state index is 0.350. The normalized spacial score (nSPS) is 18.9. The summed E-state index contributed by atoms with van der Waals surface area (Å²) in [6.45, 7) is 3.14. The van der Waals surface area contributed by atoms with Crippen LogP contribution < -0.4 is 5.32 Å². The average Bonchev–Trinajstić information content (AvgIpc) is 3.16. The molecule has 94 valence electrons. The lowest BCUT2D eigenvalue weighted by Gasteiger charge is -2.27. The van der Waals surface area contributed by atoms with E-state index in [0.29, 0.717) is 12.1 Å². The van der Waals surface area contributed by atoms with E-state index in [9.17, 15) is 0 Å². The summed E-state index contributed by atoms with van der Waals surface area (Å²) in [6.07, 6.45) is 7.72. The van der Waals surface area contributed by atoms with Crippen LogP contribution in [0.1, 0.15) is 25.3 Å². The molecule has 0 aliphatic heterocycles. The molecule has 2 unspecified atom stereocenters. The Morgan fingerprint density at radius 3 is 2.65 bits per heavy atom. The van der Waals surface area contributed by atoms with E-state index in [2.05, 4.69) is 29.4 Å². The van der Waals surface area contributed by atoms with E-state index in [0.717, 1.165) is 18.9 Å². The van der Waals surface area contributed by atoms with Crippen LogP contribution in [0, 0.1) is 5.92 Å². The second-order valence-corrected chi connectivity index (χ2v) is 4.76. The predicted molar refractivity (Wildman–Crippen MR) is 68.9 cm³/mol. The summed E-state index contributed by atoms with van der Waals surface area (Å²) >= 11 is 0. The summed E-state index contributed by atoms with van der Waals surface area (Å²) in [5.41, 5.74) is 1.33.